The van der Waals surface area contributed by atoms with Gasteiger partial charge in [0.05, 0.1) is 0 Å². The molecular weight excluding hydrogens is 299 g/mol. The van der Waals surface area contributed by atoms with E-state index >= 15 is 0 Å². The highest BCUT2D eigenvalue weighted by Gasteiger charge is 2.08. The van der Waals surface area contributed by atoms with Gasteiger partial charge in [-0.3, -0.25) is 4.79 Å². The predicted octanol–water partition coefficient (Wildman–Crippen LogP) is 4.40. The van der Waals surface area contributed by atoms with Crippen molar-refractivity contribution < 1.29 is 4.79 Å². The van der Waals surface area contributed by atoms with Crippen molar-refractivity contribution in [3.8, 4) is 0 Å². The molecule has 0 atom stereocenters. The average molecular weight is 308 g/mol. The SMILES string of the molecule is C/C(=C\Br)C(=O)Cc1ccc(Cl)cc1Cl. The Morgan fingerprint density at radius 2 is 2.13 bits per heavy atom. The van der Waals surface area contributed by atoms with Crippen molar-refractivity contribution >= 4 is 44.9 Å². The maximum absolute atomic E-state index is 11.6. The Balaban J connectivity index is 2.86. The van der Waals surface area contributed by atoms with Crippen LogP contribution in [0.2, 0.25) is 10.0 Å². The van der Waals surface area contributed by atoms with Gasteiger partial charge in [-0.05, 0) is 35.2 Å². The number of hydrogen-bond acceptors (Lipinski definition) is 1. The largest absolute Gasteiger partial charge is 0.294 e. The molecule has 0 N–H and O–H groups in total. The lowest BCUT2D eigenvalue weighted by Crippen LogP contribution is -2.04. The van der Waals surface area contributed by atoms with E-state index in [1.165, 1.54) is 0 Å². The van der Waals surface area contributed by atoms with Gasteiger partial charge >= 0.3 is 0 Å². The summed E-state index contributed by atoms with van der Waals surface area (Å²) in [6.45, 7) is 1.75. The van der Waals surface area contributed by atoms with E-state index in [0.717, 1.165) is 5.56 Å². The van der Waals surface area contributed by atoms with Crippen LogP contribution in [0.3, 0.4) is 0 Å². The molecule has 0 aromatic heterocycles. The number of Topliss-reactive ketones (excluding diaryl/α,β-unsaturated/α-hetero) is 1. The standard InChI is InChI=1S/C11H9BrCl2O/c1-7(6-12)11(15)4-8-2-3-9(13)5-10(8)14/h2-3,5-6H,4H2,1H3/b7-6+. The summed E-state index contributed by atoms with van der Waals surface area (Å²) in [4.78, 5) is 13.2. The second-order valence-electron chi connectivity index (χ2n) is 3.13. The zero-order valence-electron chi connectivity index (χ0n) is 8.06. The van der Waals surface area contributed by atoms with Gasteiger partial charge in [-0.1, -0.05) is 45.2 Å². The molecule has 1 rings (SSSR count). The molecule has 0 spiro atoms. The third-order valence-electron chi connectivity index (χ3n) is 1.97. The first-order valence-corrected chi connectivity index (χ1v) is 5.96. The van der Waals surface area contributed by atoms with Gasteiger partial charge in [0.25, 0.3) is 0 Å². The number of carbonyl (C=O) groups is 1. The summed E-state index contributed by atoms with van der Waals surface area (Å²) in [5, 5.41) is 1.10. The predicted molar refractivity (Wildman–Crippen MR) is 67.9 cm³/mol. The highest BCUT2D eigenvalue weighted by atomic mass is 79.9. The summed E-state index contributed by atoms with van der Waals surface area (Å²) in [6.07, 6.45) is 0.296. The van der Waals surface area contributed by atoms with Gasteiger partial charge < -0.3 is 0 Å². The van der Waals surface area contributed by atoms with Crippen LogP contribution in [0.1, 0.15) is 12.5 Å². The number of rotatable bonds is 3. The van der Waals surface area contributed by atoms with Crippen LogP contribution >= 0.6 is 39.1 Å². The highest BCUT2D eigenvalue weighted by molar-refractivity contribution is 9.11. The zero-order valence-corrected chi connectivity index (χ0v) is 11.2. The Labute approximate surface area is 107 Å². The van der Waals surface area contributed by atoms with E-state index in [2.05, 4.69) is 15.9 Å². The Bertz CT molecular complexity index is 413. The van der Waals surface area contributed by atoms with Gasteiger partial charge in [0, 0.05) is 16.5 Å². The quantitative estimate of drug-likeness (QED) is 0.756. The van der Waals surface area contributed by atoms with Crippen LogP contribution in [-0.2, 0) is 11.2 Å². The first-order chi connectivity index (χ1) is 7.04. The fraction of sp³-hybridized carbons (Fsp3) is 0.182. The van der Waals surface area contributed by atoms with Crippen molar-refractivity contribution in [2.45, 2.75) is 13.3 Å². The van der Waals surface area contributed by atoms with Crippen molar-refractivity contribution in [3.05, 3.63) is 44.4 Å². The lowest BCUT2D eigenvalue weighted by Gasteiger charge is -2.03. The summed E-state index contributed by atoms with van der Waals surface area (Å²) in [5.74, 6) is 0.0381. The molecule has 80 valence electrons. The van der Waals surface area contributed by atoms with Gasteiger partial charge in [0.1, 0.15) is 0 Å². The molecule has 0 saturated carbocycles. The van der Waals surface area contributed by atoms with Gasteiger partial charge in [0.15, 0.2) is 5.78 Å². The minimum absolute atomic E-state index is 0.0381. The Morgan fingerprint density at radius 1 is 1.47 bits per heavy atom. The van der Waals surface area contributed by atoms with Crippen molar-refractivity contribution in [2.75, 3.05) is 0 Å². The molecule has 0 saturated heterocycles. The summed E-state index contributed by atoms with van der Waals surface area (Å²) < 4.78 is 0. The van der Waals surface area contributed by atoms with Gasteiger partial charge in [-0.15, -0.1) is 0 Å². The molecule has 0 unspecified atom stereocenters. The van der Waals surface area contributed by atoms with Crippen LogP contribution < -0.4 is 0 Å². The number of allylic oxidation sites excluding steroid dienone is 1. The highest BCUT2D eigenvalue weighted by Crippen LogP contribution is 2.22. The number of benzene rings is 1. The molecule has 0 bridgehead atoms. The van der Waals surface area contributed by atoms with Crippen molar-refractivity contribution in [1.29, 1.82) is 0 Å². The third kappa shape index (κ3) is 3.63. The molecule has 1 aromatic carbocycles. The molecule has 0 radical (unpaired) electrons. The second kappa shape index (κ2) is 5.69. The summed E-state index contributed by atoms with van der Waals surface area (Å²) in [6, 6.07) is 5.13. The minimum atomic E-state index is 0.0381. The number of hydrogen-bond donors (Lipinski definition) is 0. The molecule has 0 aliphatic rings. The van der Waals surface area contributed by atoms with E-state index in [-0.39, 0.29) is 5.78 Å². The minimum Gasteiger partial charge on any atom is -0.294 e. The topological polar surface area (TPSA) is 17.1 Å². The fourth-order valence-corrected chi connectivity index (χ4v) is 1.77. The van der Waals surface area contributed by atoms with E-state index in [1.54, 1.807) is 30.1 Å². The molecular formula is C11H9BrCl2O. The molecule has 0 aliphatic carbocycles. The lowest BCUT2D eigenvalue weighted by atomic mass is 10.1. The van der Waals surface area contributed by atoms with E-state index < -0.39 is 0 Å². The zero-order chi connectivity index (χ0) is 11.4. The fourth-order valence-electron chi connectivity index (χ4n) is 1.04. The maximum atomic E-state index is 11.6. The molecule has 1 aromatic rings. The summed E-state index contributed by atoms with van der Waals surface area (Å²) in [5.41, 5.74) is 1.46. The number of halogens is 3. The Kier molecular flexibility index (Phi) is 4.84. The first-order valence-electron chi connectivity index (χ1n) is 4.28. The van der Waals surface area contributed by atoms with Crippen LogP contribution in [0.15, 0.2) is 28.8 Å². The first kappa shape index (κ1) is 12.8. The second-order valence-corrected chi connectivity index (χ2v) is 4.43. The monoisotopic (exact) mass is 306 g/mol. The van der Waals surface area contributed by atoms with Crippen molar-refractivity contribution in [2.24, 2.45) is 0 Å². The molecule has 1 nitrogen and oxygen atoms in total. The van der Waals surface area contributed by atoms with Crippen molar-refractivity contribution in [3.63, 3.8) is 0 Å². The average Bonchev–Trinajstić information content (AvgIpc) is 2.20. The number of carbonyl (C=O) groups excluding carboxylic acids is 1. The van der Waals surface area contributed by atoms with E-state index in [9.17, 15) is 4.79 Å². The van der Waals surface area contributed by atoms with Crippen LogP contribution in [0, 0.1) is 0 Å². The normalized spacial score (nSPS) is 11.6. The van der Waals surface area contributed by atoms with Crippen LogP contribution in [0.25, 0.3) is 0 Å². The van der Waals surface area contributed by atoms with Crippen LogP contribution in [-0.4, -0.2) is 5.78 Å². The number of ketones is 1. The lowest BCUT2D eigenvalue weighted by molar-refractivity contribution is -0.114. The summed E-state index contributed by atoms with van der Waals surface area (Å²) >= 11 is 14.8. The Hall–Kier alpha value is -0.310. The van der Waals surface area contributed by atoms with E-state index in [4.69, 9.17) is 23.2 Å². The smallest absolute Gasteiger partial charge is 0.163 e. The van der Waals surface area contributed by atoms with E-state index in [1.807, 2.05) is 0 Å². The molecule has 0 fully saturated rings. The molecule has 4 heteroatoms. The molecule has 0 amide bonds. The maximum Gasteiger partial charge on any atom is 0.163 e. The molecule has 15 heavy (non-hydrogen) atoms. The molecule has 0 aliphatic heterocycles. The van der Waals surface area contributed by atoms with Crippen LogP contribution in [0.5, 0.6) is 0 Å². The summed E-state index contributed by atoms with van der Waals surface area (Å²) in [7, 11) is 0. The molecule has 0 heterocycles. The Morgan fingerprint density at radius 3 is 2.67 bits per heavy atom. The van der Waals surface area contributed by atoms with E-state index in [0.29, 0.717) is 22.0 Å². The van der Waals surface area contributed by atoms with Gasteiger partial charge in [-0.2, -0.15) is 0 Å². The van der Waals surface area contributed by atoms with Gasteiger partial charge in [0.2, 0.25) is 0 Å². The van der Waals surface area contributed by atoms with Crippen LogP contribution in [0.4, 0.5) is 0 Å². The van der Waals surface area contributed by atoms with Gasteiger partial charge in [-0.25, -0.2) is 0 Å². The van der Waals surface area contributed by atoms with Crippen molar-refractivity contribution in [1.82, 2.24) is 0 Å². The third-order valence-corrected chi connectivity index (χ3v) is 3.24.